The van der Waals surface area contributed by atoms with E-state index >= 15 is 0 Å². The van der Waals surface area contributed by atoms with Crippen LogP contribution < -0.4 is 10.1 Å². The Balaban J connectivity index is 1.49. The second kappa shape index (κ2) is 7.51. The van der Waals surface area contributed by atoms with Crippen LogP contribution in [0, 0.1) is 0 Å². The Morgan fingerprint density at radius 3 is 2.62 bits per heavy atom. The molecule has 0 bridgehead atoms. The van der Waals surface area contributed by atoms with E-state index in [4.69, 9.17) is 14.2 Å². The number of likely N-dealkylation sites (tertiary alicyclic amines) is 1. The Labute approximate surface area is 143 Å². The number of benzene rings is 1. The lowest BCUT2D eigenvalue weighted by Crippen LogP contribution is -2.48. The molecule has 1 atom stereocenters. The van der Waals surface area contributed by atoms with Gasteiger partial charge in [-0.15, -0.1) is 0 Å². The van der Waals surface area contributed by atoms with Crippen LogP contribution in [0.15, 0.2) is 24.3 Å². The van der Waals surface area contributed by atoms with Gasteiger partial charge in [-0.1, -0.05) is 18.2 Å². The molecule has 3 rings (SSSR count). The molecule has 2 aliphatic rings. The van der Waals surface area contributed by atoms with Gasteiger partial charge in [0, 0.05) is 31.5 Å². The highest BCUT2D eigenvalue weighted by molar-refractivity contribution is 5.78. The molecule has 1 N–H and O–H groups in total. The Kier molecular flexibility index (Phi) is 5.38. The molecule has 2 heterocycles. The average Bonchev–Trinajstić information content (AvgIpc) is 3.05. The van der Waals surface area contributed by atoms with Crippen molar-refractivity contribution in [3.63, 3.8) is 0 Å². The third-order valence-corrected chi connectivity index (χ3v) is 4.78. The number of carbonyl (C=O) groups is 1. The van der Waals surface area contributed by atoms with Crippen LogP contribution in [0.3, 0.4) is 0 Å². The average molecular weight is 334 g/mol. The minimum atomic E-state index is -0.391. The lowest BCUT2D eigenvalue weighted by Gasteiger charge is -2.37. The quantitative estimate of drug-likeness (QED) is 0.888. The smallest absolute Gasteiger partial charge is 0.234 e. The predicted octanol–water partition coefficient (Wildman–Crippen LogP) is 1.71. The Morgan fingerprint density at radius 1 is 1.29 bits per heavy atom. The predicted molar refractivity (Wildman–Crippen MR) is 89.9 cm³/mol. The van der Waals surface area contributed by atoms with Crippen molar-refractivity contribution in [2.24, 2.45) is 0 Å². The van der Waals surface area contributed by atoms with Crippen LogP contribution in [-0.2, 0) is 14.3 Å². The molecule has 0 radical (unpaired) electrons. The second-order valence-electron chi connectivity index (χ2n) is 6.41. The molecule has 0 aliphatic carbocycles. The Morgan fingerprint density at radius 2 is 1.96 bits per heavy atom. The van der Waals surface area contributed by atoms with E-state index < -0.39 is 5.79 Å². The number of nitrogens with zero attached hydrogens (tertiary/aromatic N) is 1. The van der Waals surface area contributed by atoms with E-state index in [9.17, 15) is 4.79 Å². The molecule has 0 saturated carbocycles. The molecule has 1 amide bonds. The zero-order valence-corrected chi connectivity index (χ0v) is 14.4. The molecular weight excluding hydrogens is 308 g/mol. The summed E-state index contributed by atoms with van der Waals surface area (Å²) in [5.74, 6) is 0.427. The van der Waals surface area contributed by atoms with Gasteiger partial charge in [0.15, 0.2) is 5.79 Å². The largest absolute Gasteiger partial charge is 0.496 e. The lowest BCUT2D eigenvalue weighted by molar-refractivity contribution is -0.185. The van der Waals surface area contributed by atoms with Gasteiger partial charge in [0.2, 0.25) is 5.91 Å². The number of nitrogens with one attached hydrogen (secondary N) is 1. The van der Waals surface area contributed by atoms with Gasteiger partial charge < -0.3 is 19.5 Å². The SMILES string of the molecule is COc1ccccc1C(C)NC(=O)CN1CCC2(CC1)OCCO2. The fraction of sp³-hybridized carbons (Fsp3) is 0.611. The van der Waals surface area contributed by atoms with Crippen molar-refractivity contribution in [3.8, 4) is 5.75 Å². The third kappa shape index (κ3) is 3.88. The maximum atomic E-state index is 12.4. The van der Waals surface area contributed by atoms with Crippen LogP contribution >= 0.6 is 0 Å². The fourth-order valence-electron chi connectivity index (χ4n) is 3.43. The summed E-state index contributed by atoms with van der Waals surface area (Å²) in [7, 11) is 1.64. The highest BCUT2D eigenvalue weighted by Crippen LogP contribution is 2.31. The topological polar surface area (TPSA) is 60.0 Å². The maximum Gasteiger partial charge on any atom is 0.234 e. The van der Waals surface area contributed by atoms with E-state index in [0.29, 0.717) is 19.8 Å². The van der Waals surface area contributed by atoms with Gasteiger partial charge in [0.25, 0.3) is 0 Å². The second-order valence-corrected chi connectivity index (χ2v) is 6.41. The molecule has 1 unspecified atom stereocenters. The van der Waals surface area contributed by atoms with Crippen molar-refractivity contribution >= 4 is 5.91 Å². The number of amides is 1. The number of rotatable bonds is 5. The number of para-hydroxylation sites is 1. The molecular formula is C18H26N2O4. The summed E-state index contributed by atoms with van der Waals surface area (Å²) in [5, 5.41) is 3.06. The Hall–Kier alpha value is -1.63. The van der Waals surface area contributed by atoms with Gasteiger partial charge in [0.05, 0.1) is 32.9 Å². The first kappa shape index (κ1) is 17.2. The van der Waals surface area contributed by atoms with Gasteiger partial charge >= 0.3 is 0 Å². The van der Waals surface area contributed by atoms with Crippen molar-refractivity contribution in [1.29, 1.82) is 0 Å². The fourth-order valence-corrected chi connectivity index (χ4v) is 3.43. The van der Waals surface area contributed by atoms with E-state index in [1.54, 1.807) is 7.11 Å². The minimum Gasteiger partial charge on any atom is -0.496 e. The van der Waals surface area contributed by atoms with Gasteiger partial charge in [-0.2, -0.15) is 0 Å². The molecule has 6 nitrogen and oxygen atoms in total. The number of piperidine rings is 1. The summed E-state index contributed by atoms with van der Waals surface area (Å²) in [4.78, 5) is 14.5. The molecule has 24 heavy (non-hydrogen) atoms. The first-order valence-corrected chi connectivity index (χ1v) is 8.54. The highest BCUT2D eigenvalue weighted by Gasteiger charge is 2.39. The number of hydrogen-bond acceptors (Lipinski definition) is 5. The standard InChI is InChI=1S/C18H26N2O4/c1-14(15-5-3-4-6-16(15)22-2)19-17(21)13-20-9-7-18(8-10-20)23-11-12-24-18/h3-6,14H,7-13H2,1-2H3,(H,19,21). The summed E-state index contributed by atoms with van der Waals surface area (Å²) in [6, 6.07) is 7.67. The summed E-state index contributed by atoms with van der Waals surface area (Å²) in [5.41, 5.74) is 0.985. The van der Waals surface area contributed by atoms with E-state index in [1.807, 2.05) is 31.2 Å². The molecule has 1 aromatic carbocycles. The van der Waals surface area contributed by atoms with Gasteiger partial charge in [0.1, 0.15) is 5.75 Å². The van der Waals surface area contributed by atoms with Gasteiger partial charge in [-0.05, 0) is 13.0 Å². The van der Waals surface area contributed by atoms with Crippen LogP contribution in [0.25, 0.3) is 0 Å². The van der Waals surface area contributed by atoms with E-state index in [-0.39, 0.29) is 11.9 Å². The van der Waals surface area contributed by atoms with E-state index in [1.165, 1.54) is 0 Å². The zero-order chi connectivity index (χ0) is 17.0. The van der Waals surface area contributed by atoms with Gasteiger partial charge in [-0.3, -0.25) is 9.69 Å². The highest BCUT2D eigenvalue weighted by atomic mass is 16.7. The zero-order valence-electron chi connectivity index (χ0n) is 14.4. The summed E-state index contributed by atoms with van der Waals surface area (Å²) in [6.45, 7) is 5.36. The van der Waals surface area contributed by atoms with Crippen LogP contribution in [0.2, 0.25) is 0 Å². The third-order valence-electron chi connectivity index (χ3n) is 4.78. The van der Waals surface area contributed by atoms with E-state index in [2.05, 4.69) is 10.2 Å². The van der Waals surface area contributed by atoms with Crippen molar-refractivity contribution in [1.82, 2.24) is 10.2 Å². The van der Waals surface area contributed by atoms with Crippen LogP contribution in [0.5, 0.6) is 5.75 Å². The molecule has 6 heteroatoms. The number of hydrogen-bond donors (Lipinski definition) is 1. The maximum absolute atomic E-state index is 12.4. The summed E-state index contributed by atoms with van der Waals surface area (Å²) >= 11 is 0. The first-order valence-electron chi connectivity index (χ1n) is 8.54. The van der Waals surface area contributed by atoms with Crippen molar-refractivity contribution in [2.75, 3.05) is 40.0 Å². The lowest BCUT2D eigenvalue weighted by atomic mass is 10.0. The van der Waals surface area contributed by atoms with Crippen LogP contribution in [0.4, 0.5) is 0 Å². The Bertz CT molecular complexity index is 562. The molecule has 1 aromatic rings. The van der Waals surface area contributed by atoms with Crippen LogP contribution in [0.1, 0.15) is 31.4 Å². The molecule has 1 spiro atoms. The van der Waals surface area contributed by atoms with Crippen molar-refractivity contribution in [3.05, 3.63) is 29.8 Å². The normalized spacial score (nSPS) is 21.6. The molecule has 2 saturated heterocycles. The summed E-state index contributed by atoms with van der Waals surface area (Å²) in [6.07, 6.45) is 1.64. The number of ether oxygens (including phenoxy) is 3. The molecule has 132 valence electrons. The molecule has 0 aromatic heterocycles. The monoisotopic (exact) mass is 334 g/mol. The molecule has 2 fully saturated rings. The molecule has 2 aliphatic heterocycles. The van der Waals surface area contributed by atoms with Crippen molar-refractivity contribution in [2.45, 2.75) is 31.6 Å². The van der Waals surface area contributed by atoms with Crippen molar-refractivity contribution < 1.29 is 19.0 Å². The van der Waals surface area contributed by atoms with Gasteiger partial charge in [-0.25, -0.2) is 0 Å². The number of carbonyl (C=O) groups excluding carboxylic acids is 1. The van der Waals surface area contributed by atoms with E-state index in [0.717, 1.165) is 37.2 Å². The first-order chi connectivity index (χ1) is 11.6. The minimum absolute atomic E-state index is 0.0256. The number of methoxy groups -OCH3 is 1. The van der Waals surface area contributed by atoms with Crippen LogP contribution in [-0.4, -0.2) is 56.6 Å². The summed E-state index contributed by atoms with van der Waals surface area (Å²) < 4.78 is 16.8.